The van der Waals surface area contributed by atoms with Crippen LogP contribution in [0.2, 0.25) is 0 Å². The third kappa shape index (κ3) is 3.47. The van der Waals surface area contributed by atoms with Crippen molar-refractivity contribution in [1.29, 1.82) is 0 Å². The van der Waals surface area contributed by atoms with Gasteiger partial charge in [-0.3, -0.25) is 4.79 Å². The van der Waals surface area contributed by atoms with E-state index >= 15 is 0 Å². The van der Waals surface area contributed by atoms with Crippen LogP contribution >= 0.6 is 11.3 Å². The largest absolute Gasteiger partial charge is 0.382 e. The summed E-state index contributed by atoms with van der Waals surface area (Å²) in [7, 11) is 0. The Morgan fingerprint density at radius 1 is 1.23 bits per heavy atom. The molecule has 1 aliphatic rings. The van der Waals surface area contributed by atoms with Gasteiger partial charge in [0.2, 0.25) is 5.78 Å². The first-order chi connectivity index (χ1) is 10.7. The lowest BCUT2D eigenvalue weighted by atomic mass is 9.89. The maximum absolute atomic E-state index is 12.4. The third-order valence-electron chi connectivity index (χ3n) is 4.16. The van der Waals surface area contributed by atoms with E-state index in [2.05, 4.69) is 10.3 Å². The Hall–Kier alpha value is -1.88. The first-order valence-corrected chi connectivity index (χ1v) is 8.65. The van der Waals surface area contributed by atoms with Gasteiger partial charge in [-0.1, -0.05) is 60.9 Å². The first kappa shape index (κ1) is 15.0. The fraction of sp³-hybridized carbons (Fsp3) is 0.412. The molecule has 0 atom stereocenters. The molecule has 4 nitrogen and oxygen atoms in total. The molecular formula is C17H21N3OS. The summed E-state index contributed by atoms with van der Waals surface area (Å²) in [6.45, 7) is 0.923. The van der Waals surface area contributed by atoms with Crippen molar-refractivity contribution < 1.29 is 4.79 Å². The van der Waals surface area contributed by atoms with Crippen molar-refractivity contribution in [2.24, 2.45) is 5.92 Å². The molecule has 1 aromatic carbocycles. The molecule has 0 bridgehead atoms. The Morgan fingerprint density at radius 3 is 2.68 bits per heavy atom. The normalized spacial score (nSPS) is 15.6. The fourth-order valence-corrected chi connectivity index (χ4v) is 3.77. The lowest BCUT2D eigenvalue weighted by Crippen LogP contribution is -2.16. The van der Waals surface area contributed by atoms with E-state index < -0.39 is 0 Å². The Kier molecular flexibility index (Phi) is 4.73. The van der Waals surface area contributed by atoms with Crippen LogP contribution in [-0.2, 0) is 0 Å². The zero-order valence-electron chi connectivity index (χ0n) is 12.5. The number of ketones is 1. The van der Waals surface area contributed by atoms with Crippen LogP contribution in [0.4, 0.5) is 10.9 Å². The summed E-state index contributed by atoms with van der Waals surface area (Å²) >= 11 is 1.35. The molecule has 3 rings (SSSR count). The molecule has 22 heavy (non-hydrogen) atoms. The van der Waals surface area contributed by atoms with Gasteiger partial charge in [-0.05, 0) is 18.8 Å². The van der Waals surface area contributed by atoms with Gasteiger partial charge in [0, 0.05) is 12.1 Å². The monoisotopic (exact) mass is 315 g/mol. The number of nitrogens with two attached hydrogens (primary N) is 1. The quantitative estimate of drug-likeness (QED) is 0.820. The molecule has 0 unspecified atom stereocenters. The summed E-state index contributed by atoms with van der Waals surface area (Å²) < 4.78 is 0. The highest BCUT2D eigenvalue weighted by Gasteiger charge is 2.19. The molecule has 0 amide bonds. The number of nitrogens with one attached hydrogen (secondary N) is 1. The van der Waals surface area contributed by atoms with Crippen LogP contribution in [0.15, 0.2) is 30.3 Å². The first-order valence-electron chi connectivity index (χ1n) is 7.84. The molecular weight excluding hydrogens is 294 g/mol. The Morgan fingerprint density at radius 2 is 1.95 bits per heavy atom. The topological polar surface area (TPSA) is 68.0 Å². The lowest BCUT2D eigenvalue weighted by molar-refractivity contribution is 0.104. The molecule has 1 aliphatic carbocycles. The second kappa shape index (κ2) is 6.92. The second-order valence-corrected chi connectivity index (χ2v) is 6.81. The average Bonchev–Trinajstić information content (AvgIpc) is 2.95. The summed E-state index contributed by atoms with van der Waals surface area (Å²) in [5.41, 5.74) is 6.58. The Balaban J connectivity index is 1.67. The zero-order chi connectivity index (χ0) is 15.4. The van der Waals surface area contributed by atoms with Crippen LogP contribution in [0.25, 0.3) is 0 Å². The van der Waals surface area contributed by atoms with Crippen molar-refractivity contribution in [3.63, 3.8) is 0 Å². The van der Waals surface area contributed by atoms with Crippen LogP contribution in [0.1, 0.15) is 47.3 Å². The van der Waals surface area contributed by atoms with Gasteiger partial charge in [-0.15, -0.1) is 0 Å². The van der Waals surface area contributed by atoms with Crippen LogP contribution in [0.5, 0.6) is 0 Å². The molecule has 5 heteroatoms. The van der Waals surface area contributed by atoms with E-state index in [-0.39, 0.29) is 5.78 Å². The van der Waals surface area contributed by atoms with E-state index in [1.165, 1.54) is 43.4 Å². The Labute approximate surface area is 134 Å². The molecule has 0 radical (unpaired) electrons. The van der Waals surface area contributed by atoms with E-state index in [1.54, 1.807) is 12.1 Å². The van der Waals surface area contributed by atoms with Crippen LogP contribution in [0, 0.1) is 5.92 Å². The zero-order valence-corrected chi connectivity index (χ0v) is 13.4. The van der Waals surface area contributed by atoms with E-state index in [0.717, 1.165) is 11.7 Å². The second-order valence-electron chi connectivity index (χ2n) is 5.81. The number of benzene rings is 1. The fourth-order valence-electron chi connectivity index (χ4n) is 2.91. The lowest BCUT2D eigenvalue weighted by Gasteiger charge is -2.21. The number of nitrogens with zero attached hydrogens (tertiary/aromatic N) is 1. The Bertz CT molecular complexity index is 633. The number of hydrogen-bond acceptors (Lipinski definition) is 5. The highest BCUT2D eigenvalue weighted by atomic mass is 32.1. The van der Waals surface area contributed by atoms with Gasteiger partial charge in [0.05, 0.1) is 0 Å². The highest BCUT2D eigenvalue weighted by molar-refractivity contribution is 7.18. The molecule has 1 heterocycles. The van der Waals surface area contributed by atoms with Crippen LogP contribution in [-0.4, -0.2) is 17.3 Å². The van der Waals surface area contributed by atoms with E-state index in [1.807, 2.05) is 18.2 Å². The third-order valence-corrected chi connectivity index (χ3v) is 5.19. The highest BCUT2D eigenvalue weighted by Crippen LogP contribution is 2.29. The van der Waals surface area contributed by atoms with Gasteiger partial charge in [0.25, 0.3) is 0 Å². The molecule has 116 valence electrons. The van der Waals surface area contributed by atoms with Gasteiger partial charge < -0.3 is 11.1 Å². The molecule has 0 saturated heterocycles. The SMILES string of the molecule is Nc1nc(NCC2CCCCC2)sc1C(=O)c1ccccc1. The number of aromatic nitrogens is 1. The minimum absolute atomic E-state index is 0.0543. The minimum Gasteiger partial charge on any atom is -0.382 e. The summed E-state index contributed by atoms with van der Waals surface area (Å²) in [4.78, 5) is 17.3. The minimum atomic E-state index is -0.0543. The molecule has 0 aliphatic heterocycles. The van der Waals surface area contributed by atoms with Gasteiger partial charge in [0.1, 0.15) is 10.7 Å². The van der Waals surface area contributed by atoms with Crippen LogP contribution in [0.3, 0.4) is 0 Å². The van der Waals surface area contributed by atoms with Gasteiger partial charge in [-0.25, -0.2) is 4.98 Å². The maximum Gasteiger partial charge on any atom is 0.206 e. The summed E-state index contributed by atoms with van der Waals surface area (Å²) in [6, 6.07) is 9.20. The standard InChI is InChI=1S/C17H21N3OS/c18-16-15(14(21)13-9-5-2-6-10-13)22-17(20-16)19-11-12-7-3-1-4-8-12/h2,5-6,9-10,12H,1,3-4,7-8,11,18H2,(H,19,20). The number of carbonyl (C=O) groups is 1. The number of carbonyl (C=O) groups excluding carboxylic acids is 1. The molecule has 1 fully saturated rings. The van der Waals surface area contributed by atoms with Gasteiger partial charge in [-0.2, -0.15) is 0 Å². The molecule has 1 saturated carbocycles. The molecule has 3 N–H and O–H groups in total. The van der Waals surface area contributed by atoms with Crippen molar-refractivity contribution >= 4 is 28.1 Å². The smallest absolute Gasteiger partial charge is 0.206 e. The van der Waals surface area contributed by atoms with E-state index in [4.69, 9.17) is 5.73 Å². The van der Waals surface area contributed by atoms with Crippen molar-refractivity contribution in [3.8, 4) is 0 Å². The van der Waals surface area contributed by atoms with Crippen molar-refractivity contribution in [3.05, 3.63) is 40.8 Å². The van der Waals surface area contributed by atoms with Gasteiger partial charge >= 0.3 is 0 Å². The maximum atomic E-state index is 12.4. The van der Waals surface area contributed by atoms with E-state index in [9.17, 15) is 4.79 Å². The summed E-state index contributed by atoms with van der Waals surface area (Å²) in [6.07, 6.45) is 6.57. The van der Waals surface area contributed by atoms with E-state index in [0.29, 0.717) is 22.2 Å². The summed E-state index contributed by atoms with van der Waals surface area (Å²) in [5.74, 6) is 0.985. The molecule has 1 aromatic heterocycles. The van der Waals surface area contributed by atoms with Crippen molar-refractivity contribution in [2.75, 3.05) is 17.6 Å². The van der Waals surface area contributed by atoms with Gasteiger partial charge in [0.15, 0.2) is 5.13 Å². The predicted molar refractivity (Wildman–Crippen MR) is 91.5 cm³/mol. The number of rotatable bonds is 5. The average molecular weight is 315 g/mol. The van der Waals surface area contributed by atoms with Crippen molar-refractivity contribution in [1.82, 2.24) is 4.98 Å². The predicted octanol–water partition coefficient (Wildman–Crippen LogP) is 3.95. The molecule has 2 aromatic rings. The molecule has 0 spiro atoms. The number of hydrogen-bond donors (Lipinski definition) is 2. The summed E-state index contributed by atoms with van der Waals surface area (Å²) in [5, 5.41) is 4.11. The number of nitrogen functional groups attached to an aromatic ring is 1. The van der Waals surface area contributed by atoms with Crippen molar-refractivity contribution in [2.45, 2.75) is 32.1 Å². The van der Waals surface area contributed by atoms with Crippen LogP contribution < -0.4 is 11.1 Å². The number of thiazole rings is 1. The number of anilines is 2.